The van der Waals surface area contributed by atoms with E-state index in [0.29, 0.717) is 6.54 Å². The summed E-state index contributed by atoms with van der Waals surface area (Å²) in [6.45, 7) is 2.72. The second kappa shape index (κ2) is 7.73. The lowest BCUT2D eigenvalue weighted by molar-refractivity contribution is 0.174. The molecule has 2 aromatic rings. The van der Waals surface area contributed by atoms with Crippen molar-refractivity contribution in [2.45, 2.75) is 32.4 Å². The maximum Gasteiger partial charge on any atom is 0.315 e. The van der Waals surface area contributed by atoms with E-state index in [0.717, 1.165) is 29.9 Å². The minimum atomic E-state index is -0.159. The topological polar surface area (TPSA) is 59.6 Å². The molecule has 2 amide bonds. The molecule has 126 valence electrons. The standard InChI is InChI=1S/C19H22N2O3/c1-14(7-8-15-5-3-2-4-6-15)21-19(22)20-12-16-9-10-17-18(11-16)24-13-23-17/h2-6,9-11,14H,7-8,12-13H2,1H3,(H2,20,21,22)/t14-/m0/s1. The van der Waals surface area contributed by atoms with Gasteiger partial charge in [-0.1, -0.05) is 36.4 Å². The predicted molar refractivity (Wildman–Crippen MR) is 92.2 cm³/mol. The van der Waals surface area contributed by atoms with Crippen molar-refractivity contribution in [2.75, 3.05) is 6.79 Å². The molecular weight excluding hydrogens is 304 g/mol. The first-order valence-electron chi connectivity index (χ1n) is 8.17. The van der Waals surface area contributed by atoms with Crippen molar-refractivity contribution in [1.82, 2.24) is 10.6 Å². The second-order valence-electron chi connectivity index (χ2n) is 5.94. The molecule has 24 heavy (non-hydrogen) atoms. The summed E-state index contributed by atoms with van der Waals surface area (Å²) >= 11 is 0. The van der Waals surface area contributed by atoms with Crippen LogP contribution in [0, 0.1) is 0 Å². The van der Waals surface area contributed by atoms with Gasteiger partial charge in [-0.2, -0.15) is 0 Å². The summed E-state index contributed by atoms with van der Waals surface area (Å²) in [5.74, 6) is 1.48. The maximum absolute atomic E-state index is 12.0. The van der Waals surface area contributed by atoms with Crippen molar-refractivity contribution in [3.8, 4) is 11.5 Å². The largest absolute Gasteiger partial charge is 0.454 e. The average Bonchev–Trinajstić information content (AvgIpc) is 3.07. The monoisotopic (exact) mass is 326 g/mol. The third-order valence-corrected chi connectivity index (χ3v) is 3.98. The van der Waals surface area contributed by atoms with E-state index >= 15 is 0 Å². The van der Waals surface area contributed by atoms with Crippen molar-refractivity contribution in [3.63, 3.8) is 0 Å². The van der Waals surface area contributed by atoms with Crippen LogP contribution in [0.5, 0.6) is 11.5 Å². The molecule has 5 heteroatoms. The first-order valence-corrected chi connectivity index (χ1v) is 8.17. The van der Waals surface area contributed by atoms with E-state index in [9.17, 15) is 4.79 Å². The van der Waals surface area contributed by atoms with Crippen LogP contribution in [0.15, 0.2) is 48.5 Å². The Morgan fingerprint density at radius 1 is 1.08 bits per heavy atom. The molecule has 0 unspecified atom stereocenters. The van der Waals surface area contributed by atoms with Gasteiger partial charge in [0.25, 0.3) is 0 Å². The van der Waals surface area contributed by atoms with Crippen LogP contribution in [0.3, 0.4) is 0 Å². The van der Waals surface area contributed by atoms with Gasteiger partial charge in [0.05, 0.1) is 0 Å². The van der Waals surface area contributed by atoms with Gasteiger partial charge in [-0.05, 0) is 43.0 Å². The number of carbonyl (C=O) groups excluding carboxylic acids is 1. The lowest BCUT2D eigenvalue weighted by atomic mass is 10.1. The molecule has 0 saturated carbocycles. The van der Waals surface area contributed by atoms with Crippen molar-refractivity contribution < 1.29 is 14.3 Å². The molecule has 0 bridgehead atoms. The lowest BCUT2D eigenvalue weighted by Crippen LogP contribution is -2.40. The number of urea groups is 1. The number of hydrogen-bond donors (Lipinski definition) is 2. The van der Waals surface area contributed by atoms with E-state index in [1.54, 1.807) is 0 Å². The molecule has 0 aromatic heterocycles. The molecule has 0 radical (unpaired) electrons. The number of rotatable bonds is 6. The van der Waals surface area contributed by atoms with Crippen LogP contribution in [0.25, 0.3) is 0 Å². The van der Waals surface area contributed by atoms with Crippen molar-refractivity contribution in [3.05, 3.63) is 59.7 Å². The van der Waals surface area contributed by atoms with Gasteiger partial charge >= 0.3 is 6.03 Å². The Morgan fingerprint density at radius 3 is 2.71 bits per heavy atom. The molecule has 1 heterocycles. The number of aryl methyl sites for hydroxylation is 1. The molecule has 1 aliphatic heterocycles. The van der Waals surface area contributed by atoms with E-state index in [4.69, 9.17) is 9.47 Å². The van der Waals surface area contributed by atoms with Gasteiger partial charge in [-0.25, -0.2) is 4.79 Å². The fraction of sp³-hybridized carbons (Fsp3) is 0.316. The molecule has 0 fully saturated rings. The lowest BCUT2D eigenvalue weighted by Gasteiger charge is -2.15. The van der Waals surface area contributed by atoms with Crippen LogP contribution in [0.2, 0.25) is 0 Å². The molecule has 0 aliphatic carbocycles. The molecule has 5 nitrogen and oxygen atoms in total. The Labute approximate surface area is 142 Å². The van der Waals surface area contributed by atoms with Crippen LogP contribution in [0.1, 0.15) is 24.5 Å². The quantitative estimate of drug-likeness (QED) is 0.857. The van der Waals surface area contributed by atoms with Gasteiger partial charge in [0.1, 0.15) is 0 Å². The van der Waals surface area contributed by atoms with Crippen molar-refractivity contribution in [2.24, 2.45) is 0 Å². The highest BCUT2D eigenvalue weighted by atomic mass is 16.7. The molecule has 1 atom stereocenters. The van der Waals surface area contributed by atoms with Crippen LogP contribution >= 0.6 is 0 Å². The zero-order chi connectivity index (χ0) is 16.8. The van der Waals surface area contributed by atoms with E-state index in [2.05, 4.69) is 22.8 Å². The highest BCUT2D eigenvalue weighted by Crippen LogP contribution is 2.32. The minimum Gasteiger partial charge on any atom is -0.454 e. The highest BCUT2D eigenvalue weighted by molar-refractivity contribution is 5.74. The summed E-state index contributed by atoms with van der Waals surface area (Å²) in [4.78, 5) is 12.0. The SMILES string of the molecule is C[C@@H](CCc1ccccc1)NC(=O)NCc1ccc2c(c1)OCO2. The maximum atomic E-state index is 12.0. The number of benzene rings is 2. The number of nitrogens with one attached hydrogen (secondary N) is 2. The molecular formula is C19H22N2O3. The van der Waals surface area contributed by atoms with Crippen LogP contribution in [0.4, 0.5) is 4.79 Å². The molecule has 2 N–H and O–H groups in total. The van der Waals surface area contributed by atoms with Gasteiger partial charge in [-0.15, -0.1) is 0 Å². The second-order valence-corrected chi connectivity index (χ2v) is 5.94. The van der Waals surface area contributed by atoms with Gasteiger partial charge in [0.15, 0.2) is 11.5 Å². The van der Waals surface area contributed by atoms with E-state index in [-0.39, 0.29) is 18.9 Å². The van der Waals surface area contributed by atoms with Crippen LogP contribution < -0.4 is 20.1 Å². The molecule has 3 rings (SSSR count). The first kappa shape index (κ1) is 16.2. The van der Waals surface area contributed by atoms with Gasteiger partial charge < -0.3 is 20.1 Å². The fourth-order valence-electron chi connectivity index (χ4n) is 2.61. The zero-order valence-electron chi connectivity index (χ0n) is 13.7. The molecule has 0 saturated heterocycles. The normalized spacial score (nSPS) is 13.4. The molecule has 0 spiro atoms. The summed E-state index contributed by atoms with van der Waals surface area (Å²) in [5, 5.41) is 5.84. The number of amides is 2. The third kappa shape index (κ3) is 4.41. The number of ether oxygens (including phenoxy) is 2. The van der Waals surface area contributed by atoms with E-state index < -0.39 is 0 Å². The van der Waals surface area contributed by atoms with Gasteiger partial charge in [0, 0.05) is 12.6 Å². The number of hydrogen-bond acceptors (Lipinski definition) is 3. The summed E-state index contributed by atoms with van der Waals surface area (Å²) in [7, 11) is 0. The Morgan fingerprint density at radius 2 is 1.88 bits per heavy atom. The Bertz CT molecular complexity index is 688. The van der Waals surface area contributed by atoms with Crippen molar-refractivity contribution >= 4 is 6.03 Å². The van der Waals surface area contributed by atoms with E-state index in [1.807, 2.05) is 43.3 Å². The minimum absolute atomic E-state index is 0.113. The third-order valence-electron chi connectivity index (χ3n) is 3.98. The number of carbonyl (C=O) groups is 1. The Hall–Kier alpha value is -2.69. The van der Waals surface area contributed by atoms with E-state index in [1.165, 1.54) is 5.56 Å². The predicted octanol–water partition coefficient (Wildman–Crippen LogP) is 3.24. The highest BCUT2D eigenvalue weighted by Gasteiger charge is 2.13. The fourth-order valence-corrected chi connectivity index (χ4v) is 2.61. The summed E-state index contributed by atoms with van der Waals surface area (Å²) in [6, 6.07) is 15.9. The Kier molecular flexibility index (Phi) is 5.21. The summed E-state index contributed by atoms with van der Waals surface area (Å²) < 4.78 is 10.6. The molecule has 1 aliphatic rings. The summed E-state index contributed by atoms with van der Waals surface area (Å²) in [6.07, 6.45) is 1.85. The Balaban J connectivity index is 1.40. The van der Waals surface area contributed by atoms with Gasteiger partial charge in [-0.3, -0.25) is 0 Å². The van der Waals surface area contributed by atoms with Crippen LogP contribution in [-0.4, -0.2) is 18.9 Å². The van der Waals surface area contributed by atoms with Crippen molar-refractivity contribution in [1.29, 1.82) is 0 Å². The van der Waals surface area contributed by atoms with Crippen LogP contribution in [-0.2, 0) is 13.0 Å². The smallest absolute Gasteiger partial charge is 0.315 e. The average molecular weight is 326 g/mol. The van der Waals surface area contributed by atoms with Gasteiger partial charge in [0.2, 0.25) is 6.79 Å². The zero-order valence-corrected chi connectivity index (χ0v) is 13.7. The molecule has 2 aromatic carbocycles. The summed E-state index contributed by atoms with van der Waals surface area (Å²) in [5.41, 5.74) is 2.26. The number of fused-ring (bicyclic) bond motifs is 1. The first-order chi connectivity index (χ1) is 11.7.